The second kappa shape index (κ2) is 8.12. The van der Waals surface area contributed by atoms with Crippen LogP contribution in [0.2, 0.25) is 0 Å². The molecule has 17 heavy (non-hydrogen) atoms. The minimum atomic E-state index is 0.259. The summed E-state index contributed by atoms with van der Waals surface area (Å²) in [4.78, 5) is 14.7. The zero-order valence-corrected chi connectivity index (χ0v) is 12.8. The van der Waals surface area contributed by atoms with Crippen LogP contribution < -0.4 is 0 Å². The monoisotopic (exact) mass is 303 g/mol. The van der Waals surface area contributed by atoms with Crippen LogP contribution in [0.1, 0.15) is 58.8 Å². The van der Waals surface area contributed by atoms with E-state index in [-0.39, 0.29) is 5.92 Å². The lowest BCUT2D eigenvalue weighted by Gasteiger charge is -2.37. The summed E-state index contributed by atoms with van der Waals surface area (Å²) in [5.74, 6) is 0.666. The van der Waals surface area contributed by atoms with Gasteiger partial charge in [-0.3, -0.25) is 4.79 Å². The molecule has 0 saturated carbocycles. The van der Waals surface area contributed by atoms with E-state index in [1.165, 1.54) is 32.1 Å². The molecule has 2 atom stereocenters. The highest BCUT2D eigenvalue weighted by atomic mass is 79.9. The molecule has 0 spiro atoms. The van der Waals surface area contributed by atoms with E-state index in [0.717, 1.165) is 24.7 Å². The molecule has 1 saturated heterocycles. The number of carbonyl (C=O) groups excluding carboxylic acids is 1. The summed E-state index contributed by atoms with van der Waals surface area (Å²) >= 11 is 3.55. The van der Waals surface area contributed by atoms with Crippen LogP contribution in [0.3, 0.4) is 0 Å². The van der Waals surface area contributed by atoms with Crippen molar-refractivity contribution in [3.63, 3.8) is 0 Å². The Bertz CT molecular complexity index is 232. The first-order valence-electron chi connectivity index (χ1n) is 7.11. The summed E-state index contributed by atoms with van der Waals surface area (Å²) in [6.45, 7) is 5.31. The molecule has 1 aliphatic rings. The van der Waals surface area contributed by atoms with Crippen molar-refractivity contribution < 1.29 is 4.79 Å². The Morgan fingerprint density at radius 1 is 1.41 bits per heavy atom. The highest BCUT2D eigenvalue weighted by Crippen LogP contribution is 2.24. The van der Waals surface area contributed by atoms with Gasteiger partial charge < -0.3 is 4.90 Å². The van der Waals surface area contributed by atoms with E-state index >= 15 is 0 Å². The van der Waals surface area contributed by atoms with Crippen molar-refractivity contribution in [1.29, 1.82) is 0 Å². The number of hydrogen-bond acceptors (Lipinski definition) is 1. The molecule has 3 heteroatoms. The van der Waals surface area contributed by atoms with Crippen LogP contribution in [-0.4, -0.2) is 28.7 Å². The van der Waals surface area contributed by atoms with Crippen LogP contribution in [0.15, 0.2) is 0 Å². The average Bonchev–Trinajstić information content (AvgIpc) is 2.39. The first-order valence-corrected chi connectivity index (χ1v) is 8.23. The van der Waals surface area contributed by atoms with Gasteiger partial charge >= 0.3 is 0 Å². The van der Waals surface area contributed by atoms with Crippen molar-refractivity contribution >= 4 is 21.8 Å². The molecule has 1 aliphatic heterocycles. The van der Waals surface area contributed by atoms with Crippen molar-refractivity contribution in [3.8, 4) is 0 Å². The Hall–Kier alpha value is -0.0500. The minimum absolute atomic E-state index is 0.259. The number of rotatable bonds is 6. The van der Waals surface area contributed by atoms with Gasteiger partial charge in [0.1, 0.15) is 0 Å². The fourth-order valence-corrected chi connectivity index (χ4v) is 3.31. The maximum atomic E-state index is 12.5. The van der Waals surface area contributed by atoms with Gasteiger partial charge in [0, 0.05) is 23.8 Å². The topological polar surface area (TPSA) is 20.3 Å². The van der Waals surface area contributed by atoms with Gasteiger partial charge in [0.25, 0.3) is 0 Å². The van der Waals surface area contributed by atoms with Crippen molar-refractivity contribution in [2.24, 2.45) is 5.92 Å². The summed E-state index contributed by atoms with van der Waals surface area (Å²) in [6, 6.07) is 0.437. The molecule has 1 amide bonds. The van der Waals surface area contributed by atoms with E-state index in [1.54, 1.807) is 0 Å². The first kappa shape index (κ1) is 15.0. The van der Waals surface area contributed by atoms with Gasteiger partial charge in [-0.25, -0.2) is 0 Å². The normalized spacial score (nSPS) is 22.5. The molecule has 1 rings (SSSR count). The molecule has 2 nitrogen and oxygen atoms in total. The fraction of sp³-hybridized carbons (Fsp3) is 0.929. The van der Waals surface area contributed by atoms with Gasteiger partial charge in [0.15, 0.2) is 0 Å². The van der Waals surface area contributed by atoms with Gasteiger partial charge in [-0.2, -0.15) is 0 Å². The molecule has 0 aromatic carbocycles. The van der Waals surface area contributed by atoms with E-state index in [9.17, 15) is 4.79 Å². The van der Waals surface area contributed by atoms with Gasteiger partial charge in [0.05, 0.1) is 0 Å². The second-order valence-electron chi connectivity index (χ2n) is 5.08. The molecule has 100 valence electrons. The maximum Gasteiger partial charge on any atom is 0.225 e. The molecule has 0 bridgehead atoms. The van der Waals surface area contributed by atoms with Crippen molar-refractivity contribution in [2.45, 2.75) is 64.8 Å². The quantitative estimate of drug-likeness (QED) is 0.680. The van der Waals surface area contributed by atoms with Gasteiger partial charge in [-0.1, -0.05) is 42.6 Å². The lowest BCUT2D eigenvalue weighted by atomic mass is 9.95. The number of halogens is 1. The molecule has 1 fully saturated rings. The van der Waals surface area contributed by atoms with Gasteiger partial charge in [0.2, 0.25) is 5.91 Å². The van der Waals surface area contributed by atoms with Crippen LogP contribution in [0.25, 0.3) is 0 Å². The number of amides is 1. The van der Waals surface area contributed by atoms with E-state index in [1.807, 2.05) is 0 Å². The minimum Gasteiger partial charge on any atom is -0.339 e. The van der Waals surface area contributed by atoms with Crippen molar-refractivity contribution in [2.75, 3.05) is 11.9 Å². The molecular formula is C14H26BrNO. The van der Waals surface area contributed by atoms with E-state index < -0.39 is 0 Å². The molecule has 2 unspecified atom stereocenters. The SMILES string of the molecule is CCCCC(CC)C(=O)N1CCCCC1CBr. The summed E-state index contributed by atoms with van der Waals surface area (Å²) in [5.41, 5.74) is 0. The molecule has 1 heterocycles. The number of alkyl halides is 1. The zero-order chi connectivity index (χ0) is 12.7. The standard InChI is InChI=1S/C14H26BrNO/c1-3-5-8-12(4-2)14(17)16-10-7-6-9-13(16)11-15/h12-13H,3-11H2,1-2H3. The molecule has 0 aliphatic carbocycles. The zero-order valence-electron chi connectivity index (χ0n) is 11.3. The second-order valence-corrected chi connectivity index (χ2v) is 5.73. The van der Waals surface area contributed by atoms with Crippen molar-refractivity contribution in [3.05, 3.63) is 0 Å². The molecular weight excluding hydrogens is 278 g/mol. The highest BCUT2D eigenvalue weighted by molar-refractivity contribution is 9.09. The molecule has 0 aromatic heterocycles. The third kappa shape index (κ3) is 4.27. The van der Waals surface area contributed by atoms with Crippen LogP contribution in [0.4, 0.5) is 0 Å². The average molecular weight is 304 g/mol. The Morgan fingerprint density at radius 3 is 2.76 bits per heavy atom. The van der Waals surface area contributed by atoms with Gasteiger partial charge in [-0.05, 0) is 32.1 Å². The first-order chi connectivity index (χ1) is 8.24. The Labute approximate surface area is 114 Å². The fourth-order valence-electron chi connectivity index (χ4n) is 2.64. The Kier molecular flexibility index (Phi) is 7.17. The molecule has 0 aromatic rings. The van der Waals surface area contributed by atoms with Crippen molar-refractivity contribution in [1.82, 2.24) is 4.90 Å². The summed E-state index contributed by atoms with van der Waals surface area (Å²) < 4.78 is 0. The Morgan fingerprint density at radius 2 is 2.18 bits per heavy atom. The summed E-state index contributed by atoms with van der Waals surface area (Å²) in [6.07, 6.45) is 8.04. The van der Waals surface area contributed by atoms with Crippen LogP contribution in [-0.2, 0) is 4.79 Å². The molecule has 0 radical (unpaired) electrons. The van der Waals surface area contributed by atoms with Crippen LogP contribution in [0, 0.1) is 5.92 Å². The van der Waals surface area contributed by atoms with Gasteiger partial charge in [-0.15, -0.1) is 0 Å². The third-order valence-electron chi connectivity index (χ3n) is 3.84. The lowest BCUT2D eigenvalue weighted by molar-refractivity contribution is -0.139. The van der Waals surface area contributed by atoms with E-state index in [2.05, 4.69) is 34.7 Å². The van der Waals surface area contributed by atoms with E-state index in [0.29, 0.717) is 11.9 Å². The number of unbranched alkanes of at least 4 members (excludes halogenated alkanes) is 1. The number of hydrogen-bond donors (Lipinski definition) is 0. The molecule has 0 N–H and O–H groups in total. The largest absolute Gasteiger partial charge is 0.339 e. The number of piperidine rings is 1. The maximum absolute atomic E-state index is 12.5. The third-order valence-corrected chi connectivity index (χ3v) is 4.58. The number of nitrogens with zero attached hydrogens (tertiary/aromatic N) is 1. The predicted octanol–water partition coefficient (Wildman–Crippen LogP) is 3.98. The van der Waals surface area contributed by atoms with Crippen LogP contribution >= 0.6 is 15.9 Å². The lowest BCUT2D eigenvalue weighted by Crippen LogP contribution is -2.47. The predicted molar refractivity (Wildman–Crippen MR) is 76.5 cm³/mol. The number of likely N-dealkylation sites (tertiary alicyclic amines) is 1. The number of carbonyl (C=O) groups is 1. The Balaban J connectivity index is 2.57. The summed E-state index contributed by atoms with van der Waals surface area (Å²) in [7, 11) is 0. The van der Waals surface area contributed by atoms with Crippen LogP contribution in [0.5, 0.6) is 0 Å². The van der Waals surface area contributed by atoms with E-state index in [4.69, 9.17) is 0 Å². The highest BCUT2D eigenvalue weighted by Gasteiger charge is 2.29. The smallest absolute Gasteiger partial charge is 0.225 e. The summed E-state index contributed by atoms with van der Waals surface area (Å²) in [5, 5.41) is 0.933.